The Labute approximate surface area is 172 Å². The third-order valence-corrected chi connectivity index (χ3v) is 6.60. The zero-order valence-electron chi connectivity index (χ0n) is 15.2. The van der Waals surface area contributed by atoms with Gasteiger partial charge in [-0.25, -0.2) is 4.68 Å². The van der Waals surface area contributed by atoms with Gasteiger partial charge in [-0.2, -0.15) is 0 Å². The molecule has 140 valence electrons. The van der Waals surface area contributed by atoms with Crippen LogP contribution in [0.1, 0.15) is 31.7 Å². The van der Waals surface area contributed by atoms with Crippen LogP contribution in [0.5, 0.6) is 0 Å². The molecular formula is C20H21N3OS3. The van der Waals surface area contributed by atoms with Crippen LogP contribution in [-0.2, 0) is 4.79 Å². The summed E-state index contributed by atoms with van der Waals surface area (Å²) in [6, 6.07) is 17.8. The molecule has 3 rings (SSSR count). The van der Waals surface area contributed by atoms with Gasteiger partial charge >= 0.3 is 0 Å². The molecule has 1 aromatic heterocycles. The molecule has 1 heterocycles. The van der Waals surface area contributed by atoms with Crippen molar-refractivity contribution in [1.82, 2.24) is 9.78 Å². The Bertz CT molecular complexity index is 949. The van der Waals surface area contributed by atoms with Gasteiger partial charge in [-0.05, 0) is 54.4 Å². The fraction of sp³-hybridized carbons (Fsp3) is 0.250. The van der Waals surface area contributed by atoms with Crippen molar-refractivity contribution >= 4 is 46.9 Å². The van der Waals surface area contributed by atoms with E-state index in [1.807, 2.05) is 42.5 Å². The number of aromatic nitrogens is 2. The minimum Gasteiger partial charge on any atom is -0.325 e. The number of para-hydroxylation sites is 1. The topological polar surface area (TPSA) is 46.9 Å². The number of benzene rings is 2. The van der Waals surface area contributed by atoms with E-state index in [0.717, 1.165) is 22.1 Å². The normalized spacial score (nSPS) is 11.9. The molecule has 7 heteroatoms. The molecule has 4 nitrogen and oxygen atoms in total. The molecule has 0 saturated carbocycles. The van der Waals surface area contributed by atoms with E-state index in [1.54, 1.807) is 4.68 Å². The summed E-state index contributed by atoms with van der Waals surface area (Å²) < 4.78 is 3.18. The van der Waals surface area contributed by atoms with E-state index in [-0.39, 0.29) is 5.91 Å². The number of hydrogen-bond donors (Lipinski definition) is 1. The minimum absolute atomic E-state index is 0.0522. The van der Waals surface area contributed by atoms with Gasteiger partial charge in [0.15, 0.2) is 8.29 Å². The third-order valence-electron chi connectivity index (χ3n) is 4.23. The largest absolute Gasteiger partial charge is 0.325 e. The van der Waals surface area contributed by atoms with Crippen LogP contribution in [0.2, 0.25) is 0 Å². The smallest absolute Gasteiger partial charge is 0.234 e. The van der Waals surface area contributed by atoms with Crippen LogP contribution < -0.4 is 5.32 Å². The van der Waals surface area contributed by atoms with Gasteiger partial charge < -0.3 is 5.32 Å². The molecule has 0 aliphatic rings. The van der Waals surface area contributed by atoms with E-state index in [2.05, 4.69) is 36.4 Å². The van der Waals surface area contributed by atoms with Crippen LogP contribution >= 0.6 is 35.3 Å². The van der Waals surface area contributed by atoms with E-state index in [9.17, 15) is 4.79 Å². The number of amides is 1. The predicted molar refractivity (Wildman–Crippen MR) is 117 cm³/mol. The zero-order chi connectivity index (χ0) is 19.2. The summed E-state index contributed by atoms with van der Waals surface area (Å²) in [5, 5.41) is 7.45. The number of thioether (sulfide) groups is 1. The maximum absolute atomic E-state index is 12.2. The highest BCUT2D eigenvalue weighted by Gasteiger charge is 2.10. The third kappa shape index (κ3) is 5.28. The molecule has 0 fully saturated rings. The Morgan fingerprint density at radius 3 is 2.59 bits per heavy atom. The lowest BCUT2D eigenvalue weighted by Crippen LogP contribution is -2.14. The molecule has 1 amide bonds. The average molecular weight is 416 g/mol. The molecule has 3 aromatic rings. The lowest BCUT2D eigenvalue weighted by molar-refractivity contribution is -0.113. The molecule has 1 atom stereocenters. The Hall–Kier alpha value is -1.96. The first-order valence-corrected chi connectivity index (χ1v) is 11.0. The summed E-state index contributed by atoms with van der Waals surface area (Å²) in [4.78, 5) is 12.2. The number of carbonyl (C=O) groups excluding carboxylic acids is 1. The Morgan fingerprint density at radius 2 is 1.93 bits per heavy atom. The second-order valence-corrected chi connectivity index (χ2v) is 8.99. The fourth-order valence-electron chi connectivity index (χ4n) is 2.51. The number of carbonyl (C=O) groups is 1. The fourth-order valence-corrected chi connectivity index (χ4v) is 4.67. The zero-order valence-corrected chi connectivity index (χ0v) is 17.7. The number of anilines is 1. The lowest BCUT2D eigenvalue weighted by Gasteiger charge is -2.10. The van der Waals surface area contributed by atoms with Crippen molar-refractivity contribution in [3.05, 3.63) is 64.1 Å². The monoisotopic (exact) mass is 415 g/mol. The molecule has 0 spiro atoms. The Morgan fingerprint density at radius 1 is 1.22 bits per heavy atom. The van der Waals surface area contributed by atoms with Gasteiger partial charge in [0, 0.05) is 5.69 Å². The predicted octanol–water partition coefficient (Wildman–Crippen LogP) is 5.91. The van der Waals surface area contributed by atoms with Crippen molar-refractivity contribution in [2.75, 3.05) is 11.1 Å². The first-order chi connectivity index (χ1) is 13.1. The van der Waals surface area contributed by atoms with Gasteiger partial charge in [0.05, 0.1) is 11.4 Å². The molecular weight excluding hydrogens is 394 g/mol. The average Bonchev–Trinajstić information content (AvgIpc) is 3.07. The van der Waals surface area contributed by atoms with Crippen molar-refractivity contribution < 1.29 is 4.79 Å². The van der Waals surface area contributed by atoms with E-state index >= 15 is 0 Å². The number of hydrogen-bond acceptors (Lipinski definition) is 5. The minimum atomic E-state index is -0.0522. The molecule has 0 saturated heterocycles. The SMILES string of the molecule is CC[C@H](C)c1ccc(NC(=O)CSc2nn(-c3ccccc3)c(=S)s2)cc1. The molecule has 0 unspecified atom stereocenters. The summed E-state index contributed by atoms with van der Waals surface area (Å²) >= 11 is 8.20. The van der Waals surface area contributed by atoms with Crippen molar-refractivity contribution in [1.29, 1.82) is 0 Å². The van der Waals surface area contributed by atoms with E-state index in [1.165, 1.54) is 28.7 Å². The first kappa shape index (κ1) is 19.8. The summed E-state index contributed by atoms with van der Waals surface area (Å²) in [6.07, 6.45) is 1.10. The highest BCUT2D eigenvalue weighted by molar-refractivity contribution is 8.01. The maximum Gasteiger partial charge on any atom is 0.234 e. The molecule has 1 N–H and O–H groups in total. The quantitative estimate of drug-likeness (QED) is 0.385. The Kier molecular flexibility index (Phi) is 6.82. The number of nitrogens with one attached hydrogen (secondary N) is 1. The Balaban J connectivity index is 1.57. The van der Waals surface area contributed by atoms with Crippen LogP contribution in [0.15, 0.2) is 58.9 Å². The molecule has 27 heavy (non-hydrogen) atoms. The van der Waals surface area contributed by atoms with Crippen LogP contribution in [0.3, 0.4) is 0 Å². The summed E-state index contributed by atoms with van der Waals surface area (Å²) in [6.45, 7) is 4.37. The van der Waals surface area contributed by atoms with E-state index in [4.69, 9.17) is 12.2 Å². The second-order valence-electron chi connectivity index (χ2n) is 6.15. The van der Waals surface area contributed by atoms with Gasteiger partial charge in [0.1, 0.15) is 0 Å². The molecule has 0 bridgehead atoms. The van der Waals surface area contributed by atoms with Crippen LogP contribution in [0.4, 0.5) is 5.69 Å². The van der Waals surface area contributed by atoms with Gasteiger partial charge in [0.25, 0.3) is 0 Å². The number of nitrogens with zero attached hydrogens (tertiary/aromatic N) is 2. The van der Waals surface area contributed by atoms with Crippen molar-refractivity contribution in [2.24, 2.45) is 0 Å². The highest BCUT2D eigenvalue weighted by Crippen LogP contribution is 2.25. The lowest BCUT2D eigenvalue weighted by atomic mass is 9.99. The van der Waals surface area contributed by atoms with E-state index < -0.39 is 0 Å². The van der Waals surface area contributed by atoms with Crippen LogP contribution in [0, 0.1) is 3.95 Å². The molecule has 0 aliphatic carbocycles. The van der Waals surface area contributed by atoms with Gasteiger partial charge in [-0.15, -0.1) is 5.10 Å². The van der Waals surface area contributed by atoms with Gasteiger partial charge in [-0.3, -0.25) is 4.79 Å². The summed E-state index contributed by atoms with van der Waals surface area (Å²) in [5.41, 5.74) is 3.03. The summed E-state index contributed by atoms with van der Waals surface area (Å²) in [7, 11) is 0. The summed E-state index contributed by atoms with van der Waals surface area (Å²) in [5.74, 6) is 0.771. The van der Waals surface area contributed by atoms with Crippen molar-refractivity contribution in [3.8, 4) is 5.69 Å². The highest BCUT2D eigenvalue weighted by atomic mass is 32.2. The number of rotatable bonds is 7. The molecule has 2 aromatic carbocycles. The van der Waals surface area contributed by atoms with Crippen LogP contribution in [-0.4, -0.2) is 21.4 Å². The second kappa shape index (κ2) is 9.30. The van der Waals surface area contributed by atoms with Crippen LogP contribution in [0.25, 0.3) is 5.69 Å². The van der Waals surface area contributed by atoms with E-state index in [0.29, 0.717) is 15.6 Å². The first-order valence-electron chi connectivity index (χ1n) is 8.75. The van der Waals surface area contributed by atoms with Gasteiger partial charge in [0.2, 0.25) is 5.91 Å². The van der Waals surface area contributed by atoms with Gasteiger partial charge in [-0.1, -0.05) is 67.3 Å². The molecule has 0 aliphatic heterocycles. The standard InChI is InChI=1S/C20H21N3OS3/c1-3-14(2)15-9-11-16(12-10-15)21-18(24)13-26-19-22-23(20(25)27-19)17-7-5-4-6-8-17/h4-12,14H,3,13H2,1-2H3,(H,21,24)/t14-/m0/s1. The maximum atomic E-state index is 12.2. The van der Waals surface area contributed by atoms with Crippen molar-refractivity contribution in [3.63, 3.8) is 0 Å². The van der Waals surface area contributed by atoms with Crippen molar-refractivity contribution in [2.45, 2.75) is 30.5 Å². The molecule has 0 radical (unpaired) electrons.